The summed E-state index contributed by atoms with van der Waals surface area (Å²) < 4.78 is 2.36. The highest BCUT2D eigenvalue weighted by Gasteiger charge is 2.27. The molecule has 1 aromatic rings. The normalized spacial score (nSPS) is 16.2. The van der Waals surface area contributed by atoms with Gasteiger partial charge in [0.15, 0.2) is 0 Å². The lowest BCUT2D eigenvalue weighted by Gasteiger charge is -2.06. The first kappa shape index (κ1) is 8.75. The van der Waals surface area contributed by atoms with E-state index in [-0.39, 0.29) is 0 Å². The Morgan fingerprint density at radius 3 is 2.54 bits per heavy atom. The van der Waals surface area contributed by atoms with Crippen molar-refractivity contribution in [3.63, 3.8) is 0 Å². The van der Waals surface area contributed by atoms with E-state index in [1.165, 1.54) is 24.2 Å². The summed E-state index contributed by atoms with van der Waals surface area (Å²) in [5.74, 6) is 0. The van der Waals surface area contributed by atoms with Gasteiger partial charge in [-0.05, 0) is 32.8 Å². The summed E-state index contributed by atoms with van der Waals surface area (Å²) in [5, 5.41) is 0. The molecule has 1 aromatic heterocycles. The molecule has 0 aromatic carbocycles. The van der Waals surface area contributed by atoms with Crippen LogP contribution in [0.5, 0.6) is 0 Å². The molecule has 0 amide bonds. The molecule has 1 aliphatic rings. The van der Waals surface area contributed by atoms with Crippen LogP contribution in [-0.4, -0.2) is 9.56 Å². The SMILES string of the molecule is Cc1cc(C(N)=S)c(C)n1C1CC1. The zero-order valence-electron chi connectivity index (χ0n) is 8.00. The molecule has 0 bridgehead atoms. The largest absolute Gasteiger partial charge is 0.389 e. The monoisotopic (exact) mass is 194 g/mol. The molecule has 13 heavy (non-hydrogen) atoms. The third-order valence-electron chi connectivity index (χ3n) is 2.66. The third kappa shape index (κ3) is 1.37. The van der Waals surface area contributed by atoms with Gasteiger partial charge in [0.2, 0.25) is 0 Å². The molecule has 0 radical (unpaired) electrons. The van der Waals surface area contributed by atoms with Gasteiger partial charge in [-0.2, -0.15) is 0 Å². The molecule has 0 spiro atoms. The van der Waals surface area contributed by atoms with Crippen molar-refractivity contribution in [3.05, 3.63) is 23.0 Å². The Bertz CT molecular complexity index is 361. The maximum atomic E-state index is 5.64. The fourth-order valence-electron chi connectivity index (χ4n) is 1.92. The van der Waals surface area contributed by atoms with Gasteiger partial charge in [-0.25, -0.2) is 0 Å². The van der Waals surface area contributed by atoms with Crippen molar-refractivity contribution < 1.29 is 0 Å². The van der Waals surface area contributed by atoms with Crippen LogP contribution in [0.2, 0.25) is 0 Å². The summed E-state index contributed by atoms with van der Waals surface area (Å²) in [5.41, 5.74) is 9.19. The second-order valence-electron chi connectivity index (χ2n) is 3.75. The Morgan fingerprint density at radius 2 is 2.15 bits per heavy atom. The lowest BCUT2D eigenvalue weighted by atomic mass is 10.2. The van der Waals surface area contributed by atoms with Gasteiger partial charge in [0, 0.05) is 23.0 Å². The lowest BCUT2D eigenvalue weighted by Crippen LogP contribution is -2.10. The third-order valence-corrected chi connectivity index (χ3v) is 2.88. The molecule has 1 aliphatic carbocycles. The first-order valence-electron chi connectivity index (χ1n) is 4.59. The zero-order valence-corrected chi connectivity index (χ0v) is 8.82. The Morgan fingerprint density at radius 1 is 1.54 bits per heavy atom. The average Bonchev–Trinajstić information content (AvgIpc) is 2.80. The molecule has 1 heterocycles. The van der Waals surface area contributed by atoms with Crippen molar-refractivity contribution in [2.45, 2.75) is 32.7 Å². The van der Waals surface area contributed by atoms with E-state index in [4.69, 9.17) is 18.0 Å². The fraction of sp³-hybridized carbons (Fsp3) is 0.500. The minimum atomic E-state index is 0.514. The van der Waals surface area contributed by atoms with E-state index in [9.17, 15) is 0 Å². The van der Waals surface area contributed by atoms with Crippen molar-refractivity contribution >= 4 is 17.2 Å². The molecular formula is C10H14N2S. The number of nitrogens with two attached hydrogens (primary N) is 1. The first-order chi connectivity index (χ1) is 6.11. The highest BCUT2D eigenvalue weighted by atomic mass is 32.1. The Kier molecular flexibility index (Phi) is 1.91. The summed E-state index contributed by atoms with van der Waals surface area (Å²) in [6, 6.07) is 2.80. The molecule has 2 nitrogen and oxygen atoms in total. The minimum absolute atomic E-state index is 0.514. The molecular weight excluding hydrogens is 180 g/mol. The van der Waals surface area contributed by atoms with E-state index in [0.29, 0.717) is 11.0 Å². The molecule has 0 aliphatic heterocycles. The Balaban J connectivity index is 2.50. The average molecular weight is 194 g/mol. The molecule has 3 heteroatoms. The first-order valence-corrected chi connectivity index (χ1v) is 5.00. The molecule has 2 N–H and O–H groups in total. The van der Waals surface area contributed by atoms with E-state index in [1.807, 2.05) is 0 Å². The smallest absolute Gasteiger partial charge is 0.105 e. The molecule has 2 rings (SSSR count). The molecule has 1 saturated carbocycles. The van der Waals surface area contributed by atoms with E-state index in [0.717, 1.165) is 5.56 Å². The van der Waals surface area contributed by atoms with Crippen molar-refractivity contribution in [1.82, 2.24) is 4.57 Å². The quantitative estimate of drug-likeness (QED) is 0.731. The highest BCUT2D eigenvalue weighted by Crippen LogP contribution is 2.38. The number of thiocarbonyl (C=S) groups is 1. The number of hydrogen-bond donors (Lipinski definition) is 1. The van der Waals surface area contributed by atoms with Crippen LogP contribution >= 0.6 is 12.2 Å². The topological polar surface area (TPSA) is 30.9 Å². The van der Waals surface area contributed by atoms with Crippen LogP contribution in [0.15, 0.2) is 6.07 Å². The Labute approximate surface area is 83.7 Å². The van der Waals surface area contributed by atoms with Crippen molar-refractivity contribution in [3.8, 4) is 0 Å². The van der Waals surface area contributed by atoms with Crippen LogP contribution in [0.3, 0.4) is 0 Å². The summed E-state index contributed by atoms with van der Waals surface area (Å²) >= 11 is 4.99. The minimum Gasteiger partial charge on any atom is -0.389 e. The molecule has 0 unspecified atom stereocenters. The van der Waals surface area contributed by atoms with Gasteiger partial charge in [0.25, 0.3) is 0 Å². The predicted octanol–water partition coefficient (Wildman–Crippen LogP) is 2.07. The van der Waals surface area contributed by atoms with E-state index in [1.54, 1.807) is 0 Å². The van der Waals surface area contributed by atoms with E-state index >= 15 is 0 Å². The van der Waals surface area contributed by atoms with Gasteiger partial charge >= 0.3 is 0 Å². The molecule has 1 fully saturated rings. The van der Waals surface area contributed by atoms with E-state index in [2.05, 4.69) is 24.5 Å². The number of aromatic nitrogens is 1. The predicted molar refractivity (Wildman–Crippen MR) is 58.1 cm³/mol. The number of aryl methyl sites for hydroxylation is 1. The van der Waals surface area contributed by atoms with Crippen LogP contribution in [0.4, 0.5) is 0 Å². The maximum absolute atomic E-state index is 5.64. The van der Waals surface area contributed by atoms with Crippen LogP contribution in [0.1, 0.15) is 35.8 Å². The summed E-state index contributed by atoms with van der Waals surface area (Å²) in [7, 11) is 0. The zero-order chi connectivity index (χ0) is 9.59. The molecule has 0 atom stereocenters. The van der Waals surface area contributed by atoms with Crippen LogP contribution in [-0.2, 0) is 0 Å². The summed E-state index contributed by atoms with van der Waals surface area (Å²) in [6.07, 6.45) is 2.60. The number of hydrogen-bond acceptors (Lipinski definition) is 1. The van der Waals surface area contributed by atoms with E-state index < -0.39 is 0 Å². The van der Waals surface area contributed by atoms with Gasteiger partial charge in [-0.3, -0.25) is 0 Å². The van der Waals surface area contributed by atoms with Crippen LogP contribution in [0, 0.1) is 13.8 Å². The molecule has 70 valence electrons. The van der Waals surface area contributed by atoms with Gasteiger partial charge in [-0.1, -0.05) is 12.2 Å². The van der Waals surface area contributed by atoms with Gasteiger partial charge < -0.3 is 10.3 Å². The van der Waals surface area contributed by atoms with Gasteiger partial charge in [-0.15, -0.1) is 0 Å². The standard InChI is InChI=1S/C10H14N2S/c1-6-5-9(10(11)13)7(2)12(6)8-3-4-8/h5,8H,3-4H2,1-2H3,(H2,11,13). The van der Waals surface area contributed by atoms with Crippen LogP contribution < -0.4 is 5.73 Å². The fourth-order valence-corrected chi connectivity index (χ4v) is 2.13. The van der Waals surface area contributed by atoms with Gasteiger partial charge in [0.05, 0.1) is 0 Å². The highest BCUT2D eigenvalue weighted by molar-refractivity contribution is 7.80. The Hall–Kier alpha value is -0.830. The number of nitrogens with zero attached hydrogens (tertiary/aromatic N) is 1. The lowest BCUT2D eigenvalue weighted by molar-refractivity contribution is 0.699. The van der Waals surface area contributed by atoms with Gasteiger partial charge in [0.1, 0.15) is 4.99 Å². The molecule has 0 saturated heterocycles. The summed E-state index contributed by atoms with van der Waals surface area (Å²) in [6.45, 7) is 4.22. The van der Waals surface area contributed by atoms with Crippen molar-refractivity contribution in [1.29, 1.82) is 0 Å². The number of rotatable bonds is 2. The van der Waals surface area contributed by atoms with Crippen molar-refractivity contribution in [2.75, 3.05) is 0 Å². The maximum Gasteiger partial charge on any atom is 0.105 e. The van der Waals surface area contributed by atoms with Crippen LogP contribution in [0.25, 0.3) is 0 Å². The van der Waals surface area contributed by atoms with Crippen molar-refractivity contribution in [2.24, 2.45) is 5.73 Å². The summed E-state index contributed by atoms with van der Waals surface area (Å²) in [4.78, 5) is 0.514. The second-order valence-corrected chi connectivity index (χ2v) is 4.19. The second kappa shape index (κ2) is 2.84.